The summed E-state index contributed by atoms with van der Waals surface area (Å²) in [6.45, 7) is 6.33. The minimum atomic E-state index is -0.789. The number of amides is 1. The lowest BCUT2D eigenvalue weighted by Gasteiger charge is -2.24. The van der Waals surface area contributed by atoms with Crippen molar-refractivity contribution in [1.29, 1.82) is 0 Å². The largest absolute Gasteiger partial charge is 0.462 e. The van der Waals surface area contributed by atoms with E-state index in [-0.39, 0.29) is 24.9 Å². The van der Waals surface area contributed by atoms with Gasteiger partial charge < -0.3 is 20.3 Å². The SMILES string of the molecule is CC/C=C/C=C/C=C/CCCCCCCC(CC(=O)NC(CO)C(O)CCCCCCCCCCCCC)OC(=O)CCCCCCCCCCCCC. The van der Waals surface area contributed by atoms with Crippen molar-refractivity contribution in [2.24, 2.45) is 0 Å². The van der Waals surface area contributed by atoms with Gasteiger partial charge in [-0.3, -0.25) is 9.59 Å². The van der Waals surface area contributed by atoms with E-state index < -0.39 is 18.2 Å². The van der Waals surface area contributed by atoms with Gasteiger partial charge >= 0.3 is 5.97 Å². The van der Waals surface area contributed by atoms with Gasteiger partial charge in [0, 0.05) is 6.42 Å². The molecule has 0 aromatic carbocycles. The molecule has 0 rings (SSSR count). The number of rotatable bonds is 41. The van der Waals surface area contributed by atoms with E-state index in [0.29, 0.717) is 19.3 Å². The van der Waals surface area contributed by atoms with Crippen LogP contribution in [0, 0.1) is 0 Å². The quantitative estimate of drug-likeness (QED) is 0.0328. The Balaban J connectivity index is 4.62. The summed E-state index contributed by atoms with van der Waals surface area (Å²) < 4.78 is 5.89. The number of allylic oxidation sites excluding steroid dienone is 6. The maximum atomic E-state index is 13.1. The number of hydrogen-bond donors (Lipinski definition) is 3. The first-order valence-electron chi connectivity index (χ1n) is 23.2. The number of nitrogens with one attached hydrogen (secondary N) is 1. The van der Waals surface area contributed by atoms with Gasteiger partial charge in [-0.2, -0.15) is 0 Å². The van der Waals surface area contributed by atoms with Crippen molar-refractivity contribution >= 4 is 11.9 Å². The van der Waals surface area contributed by atoms with E-state index in [0.717, 1.165) is 83.5 Å². The van der Waals surface area contributed by atoms with Gasteiger partial charge in [-0.15, -0.1) is 0 Å². The maximum Gasteiger partial charge on any atom is 0.306 e. The van der Waals surface area contributed by atoms with Gasteiger partial charge in [0.05, 0.1) is 25.2 Å². The van der Waals surface area contributed by atoms with E-state index in [9.17, 15) is 19.8 Å². The average molecular weight is 760 g/mol. The molecule has 0 saturated heterocycles. The van der Waals surface area contributed by atoms with E-state index >= 15 is 0 Å². The van der Waals surface area contributed by atoms with Crippen molar-refractivity contribution in [1.82, 2.24) is 5.32 Å². The maximum absolute atomic E-state index is 13.1. The van der Waals surface area contributed by atoms with E-state index in [4.69, 9.17) is 4.74 Å². The zero-order valence-electron chi connectivity index (χ0n) is 35.9. The standard InChI is InChI=1S/C48H89NO5/c1-4-7-10-13-16-19-22-23-26-27-30-33-36-39-44(54-48(53)41-38-35-32-29-25-21-18-15-12-9-6-3)42-47(52)49-45(43-50)46(51)40-37-34-31-28-24-20-17-14-11-8-5-2/h7,10,13,16,19,22,44-46,50-51H,4-6,8-9,11-12,14-15,17-18,20-21,23-43H2,1-3H3,(H,49,52)/b10-7+,16-13+,22-19+. The summed E-state index contributed by atoms with van der Waals surface area (Å²) >= 11 is 0. The van der Waals surface area contributed by atoms with Gasteiger partial charge in [-0.1, -0.05) is 211 Å². The predicted molar refractivity (Wildman–Crippen MR) is 232 cm³/mol. The third-order valence-corrected chi connectivity index (χ3v) is 10.5. The molecular formula is C48H89NO5. The van der Waals surface area contributed by atoms with Crippen LogP contribution in [0.15, 0.2) is 36.5 Å². The minimum Gasteiger partial charge on any atom is -0.462 e. The molecule has 3 atom stereocenters. The molecule has 54 heavy (non-hydrogen) atoms. The average Bonchev–Trinajstić information content (AvgIpc) is 3.16. The Morgan fingerprint density at radius 1 is 0.556 bits per heavy atom. The third kappa shape index (κ3) is 37.0. The van der Waals surface area contributed by atoms with Gasteiger partial charge in [0.2, 0.25) is 5.91 Å². The van der Waals surface area contributed by atoms with Crippen LogP contribution < -0.4 is 5.32 Å². The summed E-state index contributed by atoms with van der Waals surface area (Å²) in [4.78, 5) is 26.0. The molecule has 0 spiro atoms. The highest BCUT2D eigenvalue weighted by Crippen LogP contribution is 2.18. The Kier molecular flexibility index (Phi) is 40.7. The number of hydrogen-bond acceptors (Lipinski definition) is 5. The van der Waals surface area contributed by atoms with Crippen molar-refractivity contribution in [2.75, 3.05) is 6.61 Å². The number of aliphatic hydroxyl groups excluding tert-OH is 2. The Labute approximate surface area is 334 Å². The molecule has 0 saturated carbocycles. The number of carbonyl (C=O) groups excluding carboxylic acids is 2. The third-order valence-electron chi connectivity index (χ3n) is 10.5. The summed E-state index contributed by atoms with van der Waals surface area (Å²) in [5.74, 6) is -0.490. The number of unbranched alkanes of at least 4 members (excludes halogenated alkanes) is 25. The first kappa shape index (κ1) is 52.1. The zero-order chi connectivity index (χ0) is 39.6. The number of aliphatic hydroxyl groups is 2. The summed E-state index contributed by atoms with van der Waals surface area (Å²) in [5.41, 5.74) is 0. The molecule has 3 unspecified atom stereocenters. The lowest BCUT2D eigenvalue weighted by Crippen LogP contribution is -2.46. The summed E-state index contributed by atoms with van der Waals surface area (Å²) in [5, 5.41) is 23.6. The van der Waals surface area contributed by atoms with Gasteiger partial charge in [0.1, 0.15) is 6.10 Å². The fourth-order valence-corrected chi connectivity index (χ4v) is 7.02. The van der Waals surface area contributed by atoms with Crippen LogP contribution in [-0.2, 0) is 14.3 Å². The lowest BCUT2D eigenvalue weighted by atomic mass is 10.0. The van der Waals surface area contributed by atoms with Gasteiger partial charge in [0.15, 0.2) is 0 Å². The Bertz CT molecular complexity index is 900. The first-order chi connectivity index (χ1) is 26.5. The topological polar surface area (TPSA) is 95.9 Å². The molecule has 0 bridgehead atoms. The fraction of sp³-hybridized carbons (Fsp3) is 0.833. The number of ether oxygens (including phenoxy) is 1. The highest BCUT2D eigenvalue weighted by atomic mass is 16.5. The van der Waals surface area contributed by atoms with Crippen LogP contribution in [0.4, 0.5) is 0 Å². The zero-order valence-corrected chi connectivity index (χ0v) is 35.9. The van der Waals surface area contributed by atoms with Crippen LogP contribution in [0.1, 0.15) is 233 Å². The van der Waals surface area contributed by atoms with E-state index in [1.807, 2.05) is 0 Å². The Morgan fingerprint density at radius 2 is 1.00 bits per heavy atom. The van der Waals surface area contributed by atoms with Crippen molar-refractivity contribution < 1.29 is 24.5 Å². The van der Waals surface area contributed by atoms with Gasteiger partial charge in [0.25, 0.3) is 0 Å². The second-order valence-electron chi connectivity index (χ2n) is 15.8. The predicted octanol–water partition coefficient (Wildman–Crippen LogP) is 13.3. The Morgan fingerprint density at radius 3 is 1.50 bits per heavy atom. The van der Waals surface area contributed by atoms with Crippen molar-refractivity contribution in [3.05, 3.63) is 36.5 Å². The first-order valence-corrected chi connectivity index (χ1v) is 23.2. The summed E-state index contributed by atoms with van der Waals surface area (Å²) in [7, 11) is 0. The summed E-state index contributed by atoms with van der Waals surface area (Å²) in [6.07, 6.45) is 47.7. The van der Waals surface area contributed by atoms with Crippen LogP contribution in [0.5, 0.6) is 0 Å². The van der Waals surface area contributed by atoms with Crippen molar-refractivity contribution in [2.45, 2.75) is 251 Å². The monoisotopic (exact) mass is 760 g/mol. The molecule has 0 aromatic rings. The normalized spacial score (nSPS) is 13.6. The molecule has 6 heteroatoms. The molecule has 316 valence electrons. The van der Waals surface area contributed by atoms with Crippen molar-refractivity contribution in [3.63, 3.8) is 0 Å². The number of esters is 1. The molecule has 6 nitrogen and oxygen atoms in total. The van der Waals surface area contributed by atoms with Crippen LogP contribution in [0.25, 0.3) is 0 Å². The molecular weight excluding hydrogens is 671 g/mol. The molecule has 0 aliphatic heterocycles. The van der Waals surface area contributed by atoms with E-state index in [2.05, 4.69) is 62.5 Å². The van der Waals surface area contributed by atoms with Crippen LogP contribution in [0.3, 0.4) is 0 Å². The lowest BCUT2D eigenvalue weighted by molar-refractivity contribution is -0.151. The van der Waals surface area contributed by atoms with Crippen LogP contribution in [-0.4, -0.2) is 46.9 Å². The van der Waals surface area contributed by atoms with Crippen LogP contribution in [0.2, 0.25) is 0 Å². The molecule has 1 amide bonds. The minimum absolute atomic E-state index is 0.0669. The number of carbonyl (C=O) groups is 2. The molecule has 3 N–H and O–H groups in total. The smallest absolute Gasteiger partial charge is 0.306 e. The van der Waals surface area contributed by atoms with Crippen LogP contribution >= 0.6 is 0 Å². The van der Waals surface area contributed by atoms with Gasteiger partial charge in [-0.25, -0.2) is 0 Å². The van der Waals surface area contributed by atoms with Crippen molar-refractivity contribution in [3.8, 4) is 0 Å². The summed E-state index contributed by atoms with van der Waals surface area (Å²) in [6, 6.07) is -0.703. The highest BCUT2D eigenvalue weighted by molar-refractivity contribution is 5.77. The highest BCUT2D eigenvalue weighted by Gasteiger charge is 2.24. The van der Waals surface area contributed by atoms with E-state index in [1.54, 1.807) is 0 Å². The molecule has 0 aliphatic carbocycles. The second kappa shape index (κ2) is 42.2. The molecule has 0 aromatic heterocycles. The molecule has 0 heterocycles. The Hall–Kier alpha value is -1.92. The fourth-order valence-electron chi connectivity index (χ4n) is 7.02. The van der Waals surface area contributed by atoms with E-state index in [1.165, 1.54) is 103 Å². The second-order valence-corrected chi connectivity index (χ2v) is 15.8. The van der Waals surface area contributed by atoms with Gasteiger partial charge in [-0.05, 0) is 44.9 Å². The molecule has 0 aliphatic rings. The molecule has 0 fully saturated rings. The molecule has 0 radical (unpaired) electrons.